The number of nitrogens with zero attached hydrogens (tertiary/aromatic N) is 4. The van der Waals surface area contributed by atoms with Crippen molar-refractivity contribution in [1.82, 2.24) is 20.2 Å². The van der Waals surface area contributed by atoms with Crippen LogP contribution in [0.4, 0.5) is 5.69 Å². The first kappa shape index (κ1) is 18.9. The molecule has 7 heteroatoms. The summed E-state index contributed by atoms with van der Waals surface area (Å²) < 4.78 is 1.69. The minimum absolute atomic E-state index is 0.0423. The fraction of sp³-hybridized carbons (Fsp3) is 0.0909. The smallest absolute Gasteiger partial charge is 0.221 e. The Morgan fingerprint density at radius 3 is 2.21 bits per heavy atom. The number of tetrazole rings is 1. The molecule has 1 amide bonds. The third-order valence-corrected chi connectivity index (χ3v) is 5.53. The summed E-state index contributed by atoms with van der Waals surface area (Å²) in [4.78, 5) is 11.4. The summed E-state index contributed by atoms with van der Waals surface area (Å²) in [6.45, 7) is 1.48. The van der Waals surface area contributed by atoms with Gasteiger partial charge in [-0.3, -0.25) is 4.79 Å². The van der Waals surface area contributed by atoms with Crippen LogP contribution in [-0.4, -0.2) is 26.1 Å². The first-order valence-electron chi connectivity index (χ1n) is 9.13. The quantitative estimate of drug-likeness (QED) is 0.482. The Morgan fingerprint density at radius 1 is 0.931 bits per heavy atom. The zero-order valence-electron chi connectivity index (χ0n) is 15.8. The van der Waals surface area contributed by atoms with Crippen LogP contribution in [0.5, 0.6) is 0 Å². The molecule has 0 aliphatic carbocycles. The molecule has 4 aromatic rings. The van der Waals surface area contributed by atoms with Gasteiger partial charge in [0.25, 0.3) is 0 Å². The lowest BCUT2D eigenvalue weighted by atomic mass is 10.0. The molecule has 3 aromatic carbocycles. The maximum absolute atomic E-state index is 11.4. The van der Waals surface area contributed by atoms with E-state index in [1.807, 2.05) is 60.7 Å². The van der Waals surface area contributed by atoms with E-state index in [9.17, 15) is 4.79 Å². The number of thioether (sulfide) groups is 1. The van der Waals surface area contributed by atoms with Crippen LogP contribution in [-0.2, 0) is 4.79 Å². The molecule has 0 atom stereocenters. The van der Waals surface area contributed by atoms with Crippen LogP contribution in [0.1, 0.15) is 23.3 Å². The van der Waals surface area contributed by atoms with Crippen molar-refractivity contribution in [2.24, 2.45) is 0 Å². The molecule has 0 radical (unpaired) electrons. The lowest BCUT2D eigenvalue weighted by Gasteiger charge is -2.17. The monoisotopic (exact) mass is 401 g/mol. The summed E-state index contributed by atoms with van der Waals surface area (Å²) in [5.74, 6) is -0.123. The van der Waals surface area contributed by atoms with Gasteiger partial charge in [0.1, 0.15) is 0 Å². The van der Waals surface area contributed by atoms with Crippen molar-refractivity contribution in [3.63, 3.8) is 0 Å². The summed E-state index contributed by atoms with van der Waals surface area (Å²) >= 11 is 1.58. The standard InChI is InChI=1S/C22H19N5OS/c1-16(28)23-19-13-8-14-20(15-19)27-22(24-25-26-27)29-21(17-9-4-2-5-10-17)18-11-6-3-7-12-18/h2-15,21H,1H3,(H,23,28). The summed E-state index contributed by atoms with van der Waals surface area (Å²) in [5.41, 5.74) is 3.82. The Morgan fingerprint density at radius 2 is 1.59 bits per heavy atom. The van der Waals surface area contributed by atoms with Gasteiger partial charge in [0.05, 0.1) is 10.9 Å². The van der Waals surface area contributed by atoms with E-state index in [2.05, 4.69) is 45.1 Å². The number of rotatable bonds is 6. The van der Waals surface area contributed by atoms with Crippen molar-refractivity contribution in [1.29, 1.82) is 0 Å². The highest BCUT2D eigenvalue weighted by molar-refractivity contribution is 7.99. The molecule has 0 aliphatic rings. The summed E-state index contributed by atoms with van der Waals surface area (Å²) in [6, 6.07) is 28.0. The number of anilines is 1. The van der Waals surface area contributed by atoms with Crippen LogP contribution in [0.15, 0.2) is 90.1 Å². The summed E-state index contributed by atoms with van der Waals surface area (Å²) in [5, 5.41) is 15.8. The Bertz CT molecular complexity index is 1060. The second-order valence-corrected chi connectivity index (χ2v) is 7.50. The molecule has 1 heterocycles. The van der Waals surface area contributed by atoms with E-state index in [1.54, 1.807) is 16.4 Å². The number of carbonyl (C=O) groups excluding carboxylic acids is 1. The van der Waals surface area contributed by atoms with Crippen molar-refractivity contribution in [2.75, 3.05) is 5.32 Å². The Hall–Kier alpha value is -3.45. The number of hydrogen-bond acceptors (Lipinski definition) is 5. The second kappa shape index (κ2) is 8.70. The van der Waals surface area contributed by atoms with Gasteiger partial charge in [0.2, 0.25) is 11.1 Å². The molecule has 0 bridgehead atoms. The third kappa shape index (κ3) is 4.52. The van der Waals surface area contributed by atoms with Gasteiger partial charge in [-0.2, -0.15) is 4.68 Å². The normalized spacial score (nSPS) is 10.8. The molecule has 1 N–H and O–H groups in total. The average molecular weight is 401 g/mol. The second-order valence-electron chi connectivity index (χ2n) is 6.42. The van der Waals surface area contributed by atoms with Gasteiger partial charge in [-0.15, -0.1) is 5.10 Å². The summed E-state index contributed by atoms with van der Waals surface area (Å²) in [6.07, 6.45) is 0. The largest absolute Gasteiger partial charge is 0.326 e. The molecule has 0 saturated heterocycles. The number of hydrogen-bond donors (Lipinski definition) is 1. The van der Waals surface area contributed by atoms with E-state index in [1.165, 1.54) is 18.1 Å². The molecule has 0 fully saturated rings. The lowest BCUT2D eigenvalue weighted by Crippen LogP contribution is -2.07. The minimum Gasteiger partial charge on any atom is -0.326 e. The van der Waals surface area contributed by atoms with Crippen molar-refractivity contribution < 1.29 is 4.79 Å². The molecule has 29 heavy (non-hydrogen) atoms. The van der Waals surface area contributed by atoms with E-state index in [4.69, 9.17) is 0 Å². The van der Waals surface area contributed by atoms with Crippen LogP contribution in [0.3, 0.4) is 0 Å². The highest BCUT2D eigenvalue weighted by Crippen LogP contribution is 2.39. The molecule has 0 unspecified atom stereocenters. The van der Waals surface area contributed by atoms with E-state index in [0.29, 0.717) is 10.8 Å². The van der Waals surface area contributed by atoms with Crippen LogP contribution >= 0.6 is 11.8 Å². The van der Waals surface area contributed by atoms with Crippen LogP contribution in [0.2, 0.25) is 0 Å². The van der Waals surface area contributed by atoms with E-state index in [-0.39, 0.29) is 11.2 Å². The average Bonchev–Trinajstić information content (AvgIpc) is 3.21. The molecular formula is C22H19N5OS. The number of aromatic nitrogens is 4. The number of nitrogens with one attached hydrogen (secondary N) is 1. The Kier molecular flexibility index (Phi) is 5.67. The molecule has 0 spiro atoms. The summed E-state index contributed by atoms with van der Waals surface area (Å²) in [7, 11) is 0. The van der Waals surface area contributed by atoms with Gasteiger partial charge in [0.15, 0.2) is 0 Å². The molecular weight excluding hydrogens is 382 g/mol. The number of benzene rings is 3. The fourth-order valence-corrected chi connectivity index (χ4v) is 4.15. The van der Waals surface area contributed by atoms with Gasteiger partial charge in [-0.1, -0.05) is 78.5 Å². The van der Waals surface area contributed by atoms with Gasteiger partial charge in [0, 0.05) is 12.6 Å². The van der Waals surface area contributed by atoms with Crippen LogP contribution in [0, 0.1) is 0 Å². The van der Waals surface area contributed by atoms with Gasteiger partial charge in [-0.25, -0.2) is 0 Å². The first-order chi connectivity index (χ1) is 14.2. The van der Waals surface area contributed by atoms with Crippen molar-refractivity contribution >= 4 is 23.4 Å². The zero-order chi connectivity index (χ0) is 20.1. The zero-order valence-corrected chi connectivity index (χ0v) is 16.6. The maximum Gasteiger partial charge on any atom is 0.221 e. The van der Waals surface area contributed by atoms with Crippen molar-refractivity contribution in [3.8, 4) is 5.69 Å². The van der Waals surface area contributed by atoms with Gasteiger partial charge >= 0.3 is 0 Å². The SMILES string of the molecule is CC(=O)Nc1cccc(-n2nnnc2SC(c2ccccc2)c2ccccc2)c1. The van der Waals surface area contributed by atoms with Crippen molar-refractivity contribution in [2.45, 2.75) is 17.3 Å². The first-order valence-corrected chi connectivity index (χ1v) is 10.0. The van der Waals surface area contributed by atoms with Crippen LogP contribution in [0.25, 0.3) is 5.69 Å². The van der Waals surface area contributed by atoms with Gasteiger partial charge in [-0.05, 0) is 39.8 Å². The topological polar surface area (TPSA) is 72.7 Å². The molecule has 6 nitrogen and oxygen atoms in total. The fourth-order valence-electron chi connectivity index (χ4n) is 3.02. The molecule has 0 aliphatic heterocycles. The maximum atomic E-state index is 11.4. The Labute approximate surface area is 173 Å². The van der Waals surface area contributed by atoms with E-state index < -0.39 is 0 Å². The molecule has 144 valence electrons. The predicted octanol–water partition coefficient (Wildman–Crippen LogP) is 4.50. The van der Waals surface area contributed by atoms with Crippen molar-refractivity contribution in [3.05, 3.63) is 96.1 Å². The molecule has 1 aromatic heterocycles. The van der Waals surface area contributed by atoms with E-state index in [0.717, 1.165) is 5.69 Å². The highest BCUT2D eigenvalue weighted by atomic mass is 32.2. The lowest BCUT2D eigenvalue weighted by molar-refractivity contribution is -0.114. The number of carbonyl (C=O) groups is 1. The number of amides is 1. The Balaban J connectivity index is 1.69. The molecule has 0 saturated carbocycles. The highest BCUT2D eigenvalue weighted by Gasteiger charge is 2.20. The minimum atomic E-state index is -0.123. The van der Waals surface area contributed by atoms with Gasteiger partial charge < -0.3 is 5.32 Å². The predicted molar refractivity (Wildman–Crippen MR) is 114 cm³/mol. The van der Waals surface area contributed by atoms with Crippen LogP contribution < -0.4 is 5.32 Å². The molecule has 4 rings (SSSR count). The third-order valence-electron chi connectivity index (χ3n) is 4.28. The van der Waals surface area contributed by atoms with E-state index >= 15 is 0 Å².